The quantitative estimate of drug-likeness (QED) is 0.865. The van der Waals surface area contributed by atoms with E-state index in [-0.39, 0.29) is 16.2 Å². The third kappa shape index (κ3) is 2.93. The maximum atomic E-state index is 12.6. The first-order valence-electron chi connectivity index (χ1n) is 7.36. The van der Waals surface area contributed by atoms with Gasteiger partial charge in [0.15, 0.2) is 4.47 Å². The predicted molar refractivity (Wildman–Crippen MR) is 89.1 cm³/mol. The van der Waals surface area contributed by atoms with Crippen molar-refractivity contribution in [3.05, 3.63) is 15.0 Å². The van der Waals surface area contributed by atoms with E-state index in [1.165, 1.54) is 4.88 Å². The number of hydrogen-bond donors (Lipinski definition) is 2. The Morgan fingerprint density at radius 2 is 2.10 bits per heavy atom. The summed E-state index contributed by atoms with van der Waals surface area (Å²) >= 11 is 7.67. The van der Waals surface area contributed by atoms with E-state index in [9.17, 15) is 4.21 Å². The van der Waals surface area contributed by atoms with Gasteiger partial charge < -0.3 is 5.32 Å². The van der Waals surface area contributed by atoms with E-state index in [0.29, 0.717) is 4.47 Å². The molecule has 1 fully saturated rings. The van der Waals surface area contributed by atoms with Gasteiger partial charge in [-0.15, -0.1) is 11.3 Å². The first kappa shape index (κ1) is 15.9. The zero-order valence-corrected chi connectivity index (χ0v) is 15.1. The van der Waals surface area contributed by atoms with Gasteiger partial charge in [-0.05, 0) is 58.5 Å². The summed E-state index contributed by atoms with van der Waals surface area (Å²) in [5.74, 6) is 0. The van der Waals surface area contributed by atoms with Gasteiger partial charge in [0.25, 0.3) is 0 Å². The van der Waals surface area contributed by atoms with Crippen molar-refractivity contribution in [3.63, 3.8) is 0 Å². The number of rotatable bonds is 2. The van der Waals surface area contributed by atoms with E-state index in [0.717, 1.165) is 38.0 Å². The fourth-order valence-electron chi connectivity index (χ4n) is 3.25. The monoisotopic (exact) mass is 347 g/mol. The van der Waals surface area contributed by atoms with Gasteiger partial charge in [-0.3, -0.25) is 0 Å². The Kier molecular flexibility index (Phi) is 4.21. The molecule has 4 nitrogen and oxygen atoms in total. The van der Waals surface area contributed by atoms with Gasteiger partial charge in [0.2, 0.25) is 0 Å². The molecule has 1 saturated heterocycles. The van der Waals surface area contributed by atoms with Crippen LogP contribution in [0.25, 0.3) is 0 Å². The van der Waals surface area contributed by atoms with Crippen molar-refractivity contribution < 1.29 is 4.21 Å². The summed E-state index contributed by atoms with van der Waals surface area (Å²) < 4.78 is 16.3. The minimum absolute atomic E-state index is 0.0541. The molecule has 2 atom stereocenters. The van der Waals surface area contributed by atoms with Gasteiger partial charge in [0, 0.05) is 4.88 Å². The highest BCUT2D eigenvalue weighted by Crippen LogP contribution is 2.53. The van der Waals surface area contributed by atoms with Crippen LogP contribution in [-0.2, 0) is 17.4 Å². The van der Waals surface area contributed by atoms with Gasteiger partial charge in [-0.25, -0.2) is 13.9 Å². The van der Waals surface area contributed by atoms with Crippen molar-refractivity contribution in [2.24, 2.45) is 5.41 Å². The second-order valence-corrected chi connectivity index (χ2v) is 10.7. The zero-order chi connectivity index (χ0) is 15.3. The Morgan fingerprint density at radius 3 is 2.71 bits per heavy atom. The molecule has 0 saturated carbocycles. The molecular weight excluding hydrogens is 326 g/mol. The molecule has 1 aliphatic carbocycles. The first-order chi connectivity index (χ1) is 9.82. The molecule has 0 amide bonds. The van der Waals surface area contributed by atoms with Crippen molar-refractivity contribution in [2.75, 3.05) is 13.1 Å². The third-order valence-electron chi connectivity index (χ3n) is 4.48. The van der Waals surface area contributed by atoms with Gasteiger partial charge in [-0.1, -0.05) is 11.6 Å². The molecule has 7 heteroatoms. The number of hydrogen-bond acceptors (Lipinski definition) is 4. The maximum absolute atomic E-state index is 12.6. The number of nitrogens with zero attached hydrogens (tertiary/aromatic N) is 1. The lowest BCUT2D eigenvalue weighted by Gasteiger charge is -2.40. The van der Waals surface area contributed by atoms with Gasteiger partial charge in [-0.2, -0.15) is 0 Å². The average molecular weight is 348 g/mol. The standard InChI is InChI=1S/C14H22ClN3OS2/c1-13(2,3)21(19)18-11-10-9(20-12(15)17-10)8-14(11)4-6-16-7-5-14/h11,16,18H,4-8H2,1-3H3/t11-,21-/m1/s1. The van der Waals surface area contributed by atoms with Crippen LogP contribution in [0, 0.1) is 5.41 Å². The Hall–Kier alpha value is -0.0100. The Morgan fingerprint density at radius 1 is 1.43 bits per heavy atom. The molecular formula is C14H22ClN3OS2. The average Bonchev–Trinajstić information content (AvgIpc) is 2.86. The van der Waals surface area contributed by atoms with Crippen molar-refractivity contribution >= 4 is 33.9 Å². The summed E-state index contributed by atoms with van der Waals surface area (Å²) in [6.45, 7) is 8.02. The van der Waals surface area contributed by atoms with E-state index in [1.807, 2.05) is 20.8 Å². The van der Waals surface area contributed by atoms with Crippen LogP contribution in [0.4, 0.5) is 0 Å². The molecule has 0 bridgehead atoms. The van der Waals surface area contributed by atoms with Crippen molar-refractivity contribution in [2.45, 2.75) is 50.8 Å². The second-order valence-electron chi connectivity index (χ2n) is 7.00. The van der Waals surface area contributed by atoms with E-state index >= 15 is 0 Å². The number of nitrogens with one attached hydrogen (secondary N) is 2. The number of halogens is 1. The van der Waals surface area contributed by atoms with E-state index in [4.69, 9.17) is 11.6 Å². The molecule has 0 aromatic carbocycles. The largest absolute Gasteiger partial charge is 0.317 e. The van der Waals surface area contributed by atoms with Crippen molar-refractivity contribution in [1.82, 2.24) is 15.0 Å². The summed E-state index contributed by atoms with van der Waals surface area (Å²) in [6, 6.07) is 0.0541. The van der Waals surface area contributed by atoms with Gasteiger partial charge in [0.05, 0.1) is 27.5 Å². The predicted octanol–water partition coefficient (Wildman–Crippen LogP) is 2.82. The SMILES string of the molecule is CC(C)(C)[S@@](=O)N[C@@H]1c2nc(Cl)sc2CC12CCNCC2. The smallest absolute Gasteiger partial charge is 0.184 e. The number of fused-ring (bicyclic) bond motifs is 1. The summed E-state index contributed by atoms with van der Waals surface area (Å²) in [6.07, 6.45) is 3.19. The Bertz CT molecular complexity index is 561. The molecule has 2 aliphatic rings. The molecule has 0 unspecified atom stereocenters. The zero-order valence-electron chi connectivity index (χ0n) is 12.7. The van der Waals surface area contributed by atoms with Crippen LogP contribution in [-0.4, -0.2) is 27.0 Å². The van der Waals surface area contributed by atoms with E-state index < -0.39 is 11.0 Å². The molecule has 2 N–H and O–H groups in total. The molecule has 21 heavy (non-hydrogen) atoms. The van der Waals surface area contributed by atoms with Crippen LogP contribution >= 0.6 is 22.9 Å². The molecule has 3 rings (SSSR count). The highest BCUT2D eigenvalue weighted by Gasteiger charge is 2.49. The van der Waals surface area contributed by atoms with E-state index in [1.54, 1.807) is 11.3 Å². The number of aromatic nitrogens is 1. The Labute approximate surface area is 137 Å². The third-order valence-corrected chi connectivity index (χ3v) is 7.22. The van der Waals surface area contributed by atoms with E-state index in [2.05, 4.69) is 15.0 Å². The van der Waals surface area contributed by atoms with Crippen LogP contribution in [0.2, 0.25) is 4.47 Å². The minimum Gasteiger partial charge on any atom is -0.317 e. The molecule has 1 aromatic heterocycles. The second kappa shape index (κ2) is 5.57. The van der Waals surface area contributed by atoms with Crippen LogP contribution in [0.15, 0.2) is 0 Å². The van der Waals surface area contributed by atoms with Crippen LogP contribution in [0.3, 0.4) is 0 Å². The Balaban J connectivity index is 1.92. The molecule has 1 aliphatic heterocycles. The fourth-order valence-corrected chi connectivity index (χ4v) is 5.53. The summed E-state index contributed by atoms with van der Waals surface area (Å²) in [4.78, 5) is 5.79. The highest BCUT2D eigenvalue weighted by molar-refractivity contribution is 7.84. The van der Waals surface area contributed by atoms with Gasteiger partial charge in [0.1, 0.15) is 0 Å². The maximum Gasteiger partial charge on any atom is 0.184 e. The number of thiazole rings is 1. The minimum atomic E-state index is -1.10. The van der Waals surface area contributed by atoms with Crippen LogP contribution in [0.5, 0.6) is 0 Å². The lowest BCUT2D eigenvalue weighted by atomic mass is 9.74. The van der Waals surface area contributed by atoms with Gasteiger partial charge >= 0.3 is 0 Å². The molecule has 1 spiro atoms. The normalized spacial score (nSPS) is 26.0. The van der Waals surface area contributed by atoms with Crippen molar-refractivity contribution in [3.8, 4) is 0 Å². The number of piperidine rings is 1. The highest BCUT2D eigenvalue weighted by atomic mass is 35.5. The topological polar surface area (TPSA) is 54.0 Å². The summed E-state index contributed by atoms with van der Waals surface area (Å²) in [5, 5.41) is 3.42. The van der Waals surface area contributed by atoms with Crippen LogP contribution in [0.1, 0.15) is 50.2 Å². The fraction of sp³-hybridized carbons (Fsp3) is 0.786. The van der Waals surface area contributed by atoms with Crippen molar-refractivity contribution in [1.29, 1.82) is 0 Å². The lowest BCUT2D eigenvalue weighted by molar-refractivity contribution is 0.163. The van der Waals surface area contributed by atoms with Crippen LogP contribution < -0.4 is 10.0 Å². The summed E-state index contributed by atoms with van der Waals surface area (Å²) in [7, 11) is -1.10. The lowest BCUT2D eigenvalue weighted by Crippen LogP contribution is -2.46. The first-order valence-corrected chi connectivity index (χ1v) is 9.70. The molecule has 118 valence electrons. The summed E-state index contributed by atoms with van der Waals surface area (Å²) in [5.41, 5.74) is 1.18. The molecule has 1 aromatic rings. The molecule has 0 radical (unpaired) electrons. The molecule has 2 heterocycles.